The van der Waals surface area contributed by atoms with Gasteiger partial charge in [-0.3, -0.25) is 9.59 Å². The van der Waals surface area contributed by atoms with Gasteiger partial charge in [0.25, 0.3) is 0 Å². The summed E-state index contributed by atoms with van der Waals surface area (Å²) < 4.78 is 0. The summed E-state index contributed by atoms with van der Waals surface area (Å²) >= 11 is 1.54. The van der Waals surface area contributed by atoms with Crippen LogP contribution >= 0.6 is 11.3 Å². The van der Waals surface area contributed by atoms with Crippen molar-refractivity contribution in [2.75, 3.05) is 6.54 Å². The second-order valence-electron chi connectivity index (χ2n) is 3.07. The van der Waals surface area contributed by atoms with Crippen LogP contribution in [0.5, 0.6) is 0 Å². The minimum Gasteiger partial charge on any atom is -0.368 e. The van der Waals surface area contributed by atoms with Gasteiger partial charge in [0.2, 0.25) is 11.8 Å². The lowest BCUT2D eigenvalue weighted by Crippen LogP contribution is -2.44. The molecule has 15 heavy (non-hydrogen) atoms. The summed E-state index contributed by atoms with van der Waals surface area (Å²) in [6, 6.07) is 3.17. The van der Waals surface area contributed by atoms with Crippen molar-refractivity contribution in [3.8, 4) is 0 Å². The van der Waals surface area contributed by atoms with Gasteiger partial charge in [-0.05, 0) is 11.4 Å². The van der Waals surface area contributed by atoms with E-state index in [-0.39, 0.29) is 12.5 Å². The van der Waals surface area contributed by atoms with Crippen molar-refractivity contribution in [1.29, 1.82) is 0 Å². The highest BCUT2D eigenvalue weighted by atomic mass is 32.1. The minimum absolute atomic E-state index is 0.170. The smallest absolute Gasteiger partial charge is 0.237 e. The molecule has 0 aliphatic rings. The SMILES string of the molecule is NC(=O)CNC(=O)[C@@H](N)Cc1cccs1. The molecule has 0 saturated heterocycles. The molecule has 2 amide bonds. The van der Waals surface area contributed by atoms with Crippen molar-refractivity contribution >= 4 is 23.2 Å². The molecular formula is C9H13N3O2S. The zero-order valence-electron chi connectivity index (χ0n) is 8.10. The molecule has 0 fully saturated rings. The van der Waals surface area contributed by atoms with Crippen molar-refractivity contribution in [3.63, 3.8) is 0 Å². The largest absolute Gasteiger partial charge is 0.368 e. The van der Waals surface area contributed by atoms with Gasteiger partial charge in [-0.2, -0.15) is 0 Å². The van der Waals surface area contributed by atoms with Gasteiger partial charge < -0.3 is 16.8 Å². The maximum atomic E-state index is 11.3. The van der Waals surface area contributed by atoms with Crippen molar-refractivity contribution in [3.05, 3.63) is 22.4 Å². The van der Waals surface area contributed by atoms with E-state index in [1.54, 1.807) is 11.3 Å². The zero-order chi connectivity index (χ0) is 11.3. The van der Waals surface area contributed by atoms with Crippen molar-refractivity contribution in [1.82, 2.24) is 5.32 Å². The summed E-state index contributed by atoms with van der Waals surface area (Å²) in [5.74, 6) is -0.936. The summed E-state index contributed by atoms with van der Waals surface area (Å²) in [5, 5.41) is 4.28. The Kier molecular flexibility index (Phi) is 4.26. The summed E-state index contributed by atoms with van der Waals surface area (Å²) in [4.78, 5) is 22.8. The molecular weight excluding hydrogens is 214 g/mol. The highest BCUT2D eigenvalue weighted by molar-refractivity contribution is 7.09. The molecule has 1 rings (SSSR count). The van der Waals surface area contributed by atoms with Crippen LogP contribution in [0.4, 0.5) is 0 Å². The van der Waals surface area contributed by atoms with Gasteiger partial charge in [-0.25, -0.2) is 0 Å². The molecule has 1 atom stereocenters. The molecule has 0 spiro atoms. The number of carbonyl (C=O) groups excluding carboxylic acids is 2. The molecule has 1 heterocycles. The fourth-order valence-corrected chi connectivity index (χ4v) is 1.81. The van der Waals surface area contributed by atoms with E-state index in [2.05, 4.69) is 5.32 Å². The van der Waals surface area contributed by atoms with Crippen LogP contribution in [0, 0.1) is 0 Å². The van der Waals surface area contributed by atoms with Crippen LogP contribution in [-0.4, -0.2) is 24.4 Å². The molecule has 0 aromatic carbocycles. The van der Waals surface area contributed by atoms with Gasteiger partial charge >= 0.3 is 0 Å². The number of primary amides is 1. The van der Waals surface area contributed by atoms with Gasteiger partial charge in [0.05, 0.1) is 12.6 Å². The van der Waals surface area contributed by atoms with E-state index in [4.69, 9.17) is 11.5 Å². The van der Waals surface area contributed by atoms with Crippen LogP contribution in [0.1, 0.15) is 4.88 Å². The number of thiophene rings is 1. The molecule has 0 radical (unpaired) electrons. The number of carbonyl (C=O) groups is 2. The van der Waals surface area contributed by atoms with Gasteiger partial charge in [-0.1, -0.05) is 6.07 Å². The zero-order valence-corrected chi connectivity index (χ0v) is 8.92. The highest BCUT2D eigenvalue weighted by Gasteiger charge is 2.14. The molecule has 5 nitrogen and oxygen atoms in total. The maximum absolute atomic E-state index is 11.3. The van der Waals surface area contributed by atoms with Crippen molar-refractivity contribution in [2.45, 2.75) is 12.5 Å². The van der Waals surface area contributed by atoms with Crippen molar-refractivity contribution in [2.24, 2.45) is 11.5 Å². The first-order chi connectivity index (χ1) is 7.09. The molecule has 0 saturated carbocycles. The Labute approximate surface area is 91.4 Å². The van der Waals surface area contributed by atoms with Crippen LogP contribution in [-0.2, 0) is 16.0 Å². The van der Waals surface area contributed by atoms with E-state index in [9.17, 15) is 9.59 Å². The van der Waals surface area contributed by atoms with Gasteiger partial charge in [0.15, 0.2) is 0 Å². The molecule has 5 N–H and O–H groups in total. The molecule has 0 bridgehead atoms. The van der Waals surface area contributed by atoms with Crippen LogP contribution < -0.4 is 16.8 Å². The standard InChI is InChI=1S/C9H13N3O2S/c10-7(4-6-2-1-3-15-6)9(14)12-5-8(11)13/h1-3,7H,4-5,10H2,(H2,11,13)(H,12,14)/t7-/m0/s1. The lowest BCUT2D eigenvalue weighted by Gasteiger charge is -2.09. The summed E-state index contributed by atoms with van der Waals surface area (Å²) in [6.07, 6.45) is 0.474. The van der Waals surface area contributed by atoms with E-state index >= 15 is 0 Å². The molecule has 6 heteroatoms. The summed E-state index contributed by atoms with van der Waals surface area (Å²) in [5.41, 5.74) is 10.5. The third-order valence-corrected chi connectivity index (χ3v) is 2.67. The Hall–Kier alpha value is -1.40. The predicted molar refractivity (Wildman–Crippen MR) is 58.2 cm³/mol. The monoisotopic (exact) mass is 227 g/mol. The number of amides is 2. The summed E-state index contributed by atoms with van der Waals surface area (Å²) in [7, 11) is 0. The average Bonchev–Trinajstić information content (AvgIpc) is 2.66. The van der Waals surface area contributed by atoms with E-state index in [0.29, 0.717) is 6.42 Å². The quantitative estimate of drug-likeness (QED) is 0.615. The Balaban J connectivity index is 2.36. The van der Waals surface area contributed by atoms with E-state index in [0.717, 1.165) is 4.88 Å². The number of rotatable bonds is 5. The average molecular weight is 227 g/mol. The van der Waals surface area contributed by atoms with E-state index < -0.39 is 11.9 Å². The van der Waals surface area contributed by atoms with Crippen LogP contribution in [0.2, 0.25) is 0 Å². The topological polar surface area (TPSA) is 98.2 Å². The lowest BCUT2D eigenvalue weighted by atomic mass is 10.2. The van der Waals surface area contributed by atoms with Crippen molar-refractivity contribution < 1.29 is 9.59 Å². The normalized spacial score (nSPS) is 12.1. The maximum Gasteiger partial charge on any atom is 0.237 e. The summed E-state index contributed by atoms with van der Waals surface area (Å²) in [6.45, 7) is -0.170. The number of hydrogen-bond acceptors (Lipinski definition) is 4. The Morgan fingerprint density at radius 3 is 2.80 bits per heavy atom. The van der Waals surface area contributed by atoms with E-state index in [1.807, 2.05) is 17.5 Å². The number of hydrogen-bond donors (Lipinski definition) is 3. The second kappa shape index (κ2) is 5.47. The van der Waals surface area contributed by atoms with Gasteiger partial charge in [0.1, 0.15) is 0 Å². The van der Waals surface area contributed by atoms with Gasteiger partial charge in [-0.15, -0.1) is 11.3 Å². The van der Waals surface area contributed by atoms with Crippen LogP contribution in [0.25, 0.3) is 0 Å². The first kappa shape index (κ1) is 11.7. The second-order valence-corrected chi connectivity index (χ2v) is 4.11. The van der Waals surface area contributed by atoms with Gasteiger partial charge in [0, 0.05) is 11.3 Å². The molecule has 1 aromatic rings. The first-order valence-electron chi connectivity index (χ1n) is 4.43. The number of nitrogens with two attached hydrogens (primary N) is 2. The first-order valence-corrected chi connectivity index (χ1v) is 5.31. The molecule has 0 unspecified atom stereocenters. The Morgan fingerprint density at radius 1 is 1.53 bits per heavy atom. The fourth-order valence-electron chi connectivity index (χ4n) is 1.04. The predicted octanol–water partition coefficient (Wildman–Crippen LogP) is -0.781. The third-order valence-electron chi connectivity index (χ3n) is 1.77. The lowest BCUT2D eigenvalue weighted by molar-refractivity contribution is -0.125. The van der Waals surface area contributed by atoms with E-state index in [1.165, 1.54) is 0 Å². The molecule has 82 valence electrons. The van der Waals surface area contributed by atoms with Crippen LogP contribution in [0.3, 0.4) is 0 Å². The Morgan fingerprint density at radius 2 is 2.27 bits per heavy atom. The molecule has 0 aliphatic carbocycles. The highest BCUT2D eigenvalue weighted by Crippen LogP contribution is 2.10. The third kappa shape index (κ3) is 4.09. The minimum atomic E-state index is -0.636. The Bertz CT molecular complexity index is 337. The molecule has 0 aliphatic heterocycles. The molecule has 1 aromatic heterocycles. The fraction of sp³-hybridized carbons (Fsp3) is 0.333. The van der Waals surface area contributed by atoms with Crippen LogP contribution in [0.15, 0.2) is 17.5 Å². The number of nitrogens with one attached hydrogen (secondary N) is 1.